The van der Waals surface area contributed by atoms with E-state index in [-0.39, 0.29) is 0 Å². The van der Waals surface area contributed by atoms with Crippen molar-refractivity contribution in [3.05, 3.63) is 23.8 Å². The Balaban J connectivity index is 2.48. The fourth-order valence-electron chi connectivity index (χ4n) is 1.97. The summed E-state index contributed by atoms with van der Waals surface area (Å²) in [6.07, 6.45) is 6.23. The number of hydrogen-bond acceptors (Lipinski definition) is 3. The number of hydrogen-bond donors (Lipinski definition) is 2. The maximum atomic E-state index is 8.87. The Kier molecular flexibility index (Phi) is 6.07. The largest absolute Gasteiger partial charge is 0.397 e. The van der Waals surface area contributed by atoms with Gasteiger partial charge < -0.3 is 11.1 Å². The van der Waals surface area contributed by atoms with E-state index >= 15 is 0 Å². The molecule has 98 valence electrons. The molecule has 0 radical (unpaired) electrons. The minimum Gasteiger partial charge on any atom is -0.397 e. The number of nitrogens with zero attached hydrogens (tertiary/aromatic N) is 1. The molecule has 0 aromatic heterocycles. The van der Waals surface area contributed by atoms with Crippen LogP contribution in [0.4, 0.5) is 11.4 Å². The van der Waals surface area contributed by atoms with E-state index in [1.54, 1.807) is 12.1 Å². The molecule has 1 aromatic carbocycles. The van der Waals surface area contributed by atoms with Crippen LogP contribution in [0.1, 0.15) is 51.5 Å². The molecule has 0 bridgehead atoms. The van der Waals surface area contributed by atoms with E-state index in [9.17, 15) is 0 Å². The summed E-state index contributed by atoms with van der Waals surface area (Å²) in [4.78, 5) is 0. The topological polar surface area (TPSA) is 61.8 Å². The highest BCUT2D eigenvalue weighted by Gasteiger charge is 2.05. The number of rotatable bonds is 7. The van der Waals surface area contributed by atoms with Gasteiger partial charge in [0.05, 0.1) is 23.0 Å². The van der Waals surface area contributed by atoms with E-state index in [2.05, 4.69) is 25.2 Å². The van der Waals surface area contributed by atoms with Gasteiger partial charge in [0.25, 0.3) is 0 Å². The van der Waals surface area contributed by atoms with Gasteiger partial charge in [0.1, 0.15) is 0 Å². The molecule has 1 rings (SSSR count). The summed E-state index contributed by atoms with van der Waals surface area (Å²) in [5, 5.41) is 12.3. The first kappa shape index (κ1) is 14.4. The Bertz CT molecular complexity index is 407. The van der Waals surface area contributed by atoms with Crippen LogP contribution >= 0.6 is 0 Å². The summed E-state index contributed by atoms with van der Waals surface area (Å²) in [6, 6.07) is 7.86. The lowest BCUT2D eigenvalue weighted by Crippen LogP contribution is -2.16. The van der Waals surface area contributed by atoms with Crippen molar-refractivity contribution in [3.8, 4) is 6.07 Å². The van der Waals surface area contributed by atoms with Crippen LogP contribution in [0.25, 0.3) is 0 Å². The fourth-order valence-corrected chi connectivity index (χ4v) is 1.97. The van der Waals surface area contributed by atoms with Crippen LogP contribution in [0.5, 0.6) is 0 Å². The van der Waals surface area contributed by atoms with Gasteiger partial charge in [0.15, 0.2) is 0 Å². The normalized spacial score (nSPS) is 11.8. The molecule has 18 heavy (non-hydrogen) atoms. The zero-order chi connectivity index (χ0) is 13.4. The summed E-state index contributed by atoms with van der Waals surface area (Å²) in [5.74, 6) is 0. The number of nitrogens with two attached hydrogens (primary N) is 1. The third-order valence-corrected chi connectivity index (χ3v) is 3.07. The van der Waals surface area contributed by atoms with Crippen molar-refractivity contribution < 1.29 is 0 Å². The highest BCUT2D eigenvalue weighted by atomic mass is 14.9. The number of nitrogen functional groups attached to an aromatic ring is 1. The average Bonchev–Trinajstić information content (AvgIpc) is 2.37. The summed E-state index contributed by atoms with van der Waals surface area (Å²) in [5.41, 5.74) is 8.12. The van der Waals surface area contributed by atoms with Crippen LogP contribution in [-0.2, 0) is 0 Å². The highest BCUT2D eigenvalue weighted by molar-refractivity contribution is 5.68. The maximum Gasteiger partial charge on any atom is 0.0992 e. The van der Waals surface area contributed by atoms with Gasteiger partial charge in [-0.25, -0.2) is 0 Å². The second-order valence-electron chi connectivity index (χ2n) is 4.81. The zero-order valence-electron chi connectivity index (χ0n) is 11.4. The molecule has 0 aliphatic rings. The molecule has 1 unspecified atom stereocenters. The number of anilines is 2. The predicted octanol–water partition coefficient (Wildman–Crippen LogP) is 3.91. The minimum atomic E-state index is 0.387. The molecule has 0 fully saturated rings. The van der Waals surface area contributed by atoms with Gasteiger partial charge in [-0.3, -0.25) is 0 Å². The van der Waals surface area contributed by atoms with Crippen molar-refractivity contribution in [2.75, 3.05) is 11.1 Å². The van der Waals surface area contributed by atoms with Crippen LogP contribution < -0.4 is 11.1 Å². The standard InChI is InChI=1S/C15H23N3/c1-3-4-5-6-7-12(2)18-15-10-13(11-16)8-9-14(15)17/h8-10,12,18H,3-7,17H2,1-2H3. The molecule has 0 heterocycles. The molecule has 0 saturated heterocycles. The van der Waals surface area contributed by atoms with Crippen molar-refractivity contribution in [2.24, 2.45) is 0 Å². The van der Waals surface area contributed by atoms with Crippen molar-refractivity contribution >= 4 is 11.4 Å². The Hall–Kier alpha value is -1.69. The van der Waals surface area contributed by atoms with Crippen LogP contribution in [-0.4, -0.2) is 6.04 Å². The summed E-state index contributed by atoms with van der Waals surface area (Å²) in [6.45, 7) is 4.38. The Morgan fingerprint density at radius 1 is 1.33 bits per heavy atom. The predicted molar refractivity (Wildman–Crippen MR) is 77.4 cm³/mol. The molecule has 0 aliphatic carbocycles. The lowest BCUT2D eigenvalue weighted by Gasteiger charge is -2.16. The van der Waals surface area contributed by atoms with Crippen molar-refractivity contribution in [2.45, 2.75) is 52.0 Å². The average molecular weight is 245 g/mol. The molecule has 1 aromatic rings. The summed E-state index contributed by atoms with van der Waals surface area (Å²) in [7, 11) is 0. The van der Waals surface area contributed by atoms with E-state index in [0.717, 1.165) is 12.1 Å². The van der Waals surface area contributed by atoms with Crippen molar-refractivity contribution in [1.82, 2.24) is 0 Å². The maximum absolute atomic E-state index is 8.87. The Morgan fingerprint density at radius 2 is 2.11 bits per heavy atom. The van der Waals surface area contributed by atoms with Crippen LogP contribution in [0.3, 0.4) is 0 Å². The number of benzene rings is 1. The molecule has 0 amide bonds. The molecular weight excluding hydrogens is 222 g/mol. The van der Waals surface area contributed by atoms with Crippen LogP contribution in [0.2, 0.25) is 0 Å². The second-order valence-corrected chi connectivity index (χ2v) is 4.81. The van der Waals surface area contributed by atoms with Gasteiger partial charge >= 0.3 is 0 Å². The molecule has 0 saturated carbocycles. The van der Waals surface area contributed by atoms with E-state index in [4.69, 9.17) is 11.0 Å². The first-order valence-corrected chi connectivity index (χ1v) is 6.73. The monoisotopic (exact) mass is 245 g/mol. The smallest absolute Gasteiger partial charge is 0.0992 e. The third-order valence-electron chi connectivity index (χ3n) is 3.07. The van der Waals surface area contributed by atoms with E-state index in [1.165, 1.54) is 25.7 Å². The number of unbranched alkanes of at least 4 members (excludes halogenated alkanes) is 3. The van der Waals surface area contributed by atoms with Gasteiger partial charge in [-0.15, -0.1) is 0 Å². The van der Waals surface area contributed by atoms with E-state index in [0.29, 0.717) is 17.3 Å². The zero-order valence-corrected chi connectivity index (χ0v) is 11.4. The van der Waals surface area contributed by atoms with E-state index in [1.807, 2.05) is 6.07 Å². The Labute approximate surface area is 110 Å². The van der Waals surface area contributed by atoms with Gasteiger partial charge in [-0.05, 0) is 31.5 Å². The molecule has 1 atom stereocenters. The third kappa shape index (κ3) is 4.67. The number of nitriles is 1. The summed E-state index contributed by atoms with van der Waals surface area (Å²) >= 11 is 0. The lowest BCUT2D eigenvalue weighted by molar-refractivity contribution is 0.594. The van der Waals surface area contributed by atoms with Crippen molar-refractivity contribution in [1.29, 1.82) is 5.26 Å². The van der Waals surface area contributed by atoms with Gasteiger partial charge in [0.2, 0.25) is 0 Å². The quantitative estimate of drug-likeness (QED) is 0.565. The van der Waals surface area contributed by atoms with Gasteiger partial charge in [-0.2, -0.15) is 5.26 Å². The summed E-state index contributed by atoms with van der Waals surface area (Å²) < 4.78 is 0. The first-order valence-electron chi connectivity index (χ1n) is 6.73. The molecule has 3 N–H and O–H groups in total. The second kappa shape index (κ2) is 7.60. The van der Waals surface area contributed by atoms with Gasteiger partial charge in [0, 0.05) is 6.04 Å². The Morgan fingerprint density at radius 3 is 2.78 bits per heavy atom. The molecular formula is C15H23N3. The number of nitrogens with one attached hydrogen (secondary N) is 1. The van der Waals surface area contributed by atoms with Crippen LogP contribution in [0.15, 0.2) is 18.2 Å². The molecule has 0 spiro atoms. The van der Waals surface area contributed by atoms with E-state index < -0.39 is 0 Å². The lowest BCUT2D eigenvalue weighted by atomic mass is 10.1. The van der Waals surface area contributed by atoms with Crippen LogP contribution in [0, 0.1) is 11.3 Å². The fraction of sp³-hybridized carbons (Fsp3) is 0.533. The molecule has 3 heteroatoms. The first-order chi connectivity index (χ1) is 8.67. The molecule has 3 nitrogen and oxygen atoms in total. The SMILES string of the molecule is CCCCCCC(C)Nc1cc(C#N)ccc1N. The highest BCUT2D eigenvalue weighted by Crippen LogP contribution is 2.21. The minimum absolute atomic E-state index is 0.387. The van der Waals surface area contributed by atoms with Crippen molar-refractivity contribution in [3.63, 3.8) is 0 Å². The molecule has 0 aliphatic heterocycles. The van der Waals surface area contributed by atoms with Gasteiger partial charge in [-0.1, -0.05) is 32.6 Å².